The molecule has 1 saturated carbocycles. The zero-order chi connectivity index (χ0) is 20.0. The Morgan fingerprint density at radius 2 is 1.97 bits per heavy atom. The number of thiazole rings is 1. The summed E-state index contributed by atoms with van der Waals surface area (Å²) in [6.07, 6.45) is 4.22. The van der Waals surface area contributed by atoms with E-state index >= 15 is 0 Å². The highest BCUT2D eigenvalue weighted by atomic mass is 35.5. The minimum absolute atomic E-state index is 0.0722. The molecule has 1 aliphatic carbocycles. The van der Waals surface area contributed by atoms with Crippen molar-refractivity contribution in [2.24, 2.45) is 0 Å². The van der Waals surface area contributed by atoms with E-state index in [4.69, 9.17) is 16.6 Å². The van der Waals surface area contributed by atoms with Crippen LogP contribution in [0.2, 0.25) is 5.02 Å². The topological polar surface area (TPSA) is 74.8 Å². The quantitative estimate of drug-likeness (QED) is 0.649. The van der Waals surface area contributed by atoms with Gasteiger partial charge in [0.2, 0.25) is 0 Å². The lowest BCUT2D eigenvalue weighted by molar-refractivity contribution is 0.0715. The fraction of sp³-hybridized carbons (Fsp3) is 0.429. The van der Waals surface area contributed by atoms with Crippen LogP contribution in [0.4, 0.5) is 0 Å². The van der Waals surface area contributed by atoms with Crippen molar-refractivity contribution in [1.29, 1.82) is 0 Å². The number of carbonyl (C=O) groups is 1. The second-order valence-electron chi connectivity index (χ2n) is 7.86. The van der Waals surface area contributed by atoms with Crippen LogP contribution in [0.5, 0.6) is 0 Å². The number of rotatable bonds is 4. The van der Waals surface area contributed by atoms with E-state index in [1.807, 2.05) is 36.1 Å². The van der Waals surface area contributed by atoms with Gasteiger partial charge in [0.1, 0.15) is 15.7 Å². The number of amides is 1. The van der Waals surface area contributed by atoms with Crippen molar-refractivity contribution in [1.82, 2.24) is 25.1 Å². The molecule has 1 saturated heterocycles. The maximum absolute atomic E-state index is 13.1. The molecule has 0 spiro atoms. The highest BCUT2D eigenvalue weighted by Crippen LogP contribution is 2.39. The van der Waals surface area contributed by atoms with Crippen LogP contribution in [0.25, 0.3) is 10.6 Å². The molecule has 0 bridgehead atoms. The average molecular weight is 428 g/mol. The number of nitrogens with one attached hydrogen (secondary N) is 1. The molecule has 1 N–H and O–H groups in total. The molecule has 5 rings (SSSR count). The minimum atomic E-state index is 0.0722. The summed E-state index contributed by atoms with van der Waals surface area (Å²) >= 11 is 7.55. The van der Waals surface area contributed by atoms with Gasteiger partial charge in [-0.25, -0.2) is 9.97 Å². The van der Waals surface area contributed by atoms with Crippen LogP contribution >= 0.6 is 22.9 Å². The third-order valence-electron chi connectivity index (χ3n) is 5.69. The number of likely N-dealkylation sites (tertiary alicyclic amines) is 1. The zero-order valence-electron chi connectivity index (χ0n) is 16.2. The van der Waals surface area contributed by atoms with Crippen molar-refractivity contribution in [3.05, 3.63) is 51.5 Å². The van der Waals surface area contributed by atoms with Crippen molar-refractivity contribution < 1.29 is 4.79 Å². The molecule has 8 heteroatoms. The maximum Gasteiger partial charge on any atom is 0.265 e. The summed E-state index contributed by atoms with van der Waals surface area (Å²) in [7, 11) is 0. The van der Waals surface area contributed by atoms with Crippen molar-refractivity contribution in [2.75, 3.05) is 13.1 Å². The van der Waals surface area contributed by atoms with Crippen LogP contribution < -0.4 is 0 Å². The first-order valence-electron chi connectivity index (χ1n) is 10.0. The number of benzene rings is 1. The van der Waals surface area contributed by atoms with Gasteiger partial charge in [0, 0.05) is 35.5 Å². The Morgan fingerprint density at radius 3 is 2.69 bits per heavy atom. The number of aromatic amines is 1. The van der Waals surface area contributed by atoms with Gasteiger partial charge >= 0.3 is 0 Å². The van der Waals surface area contributed by atoms with E-state index in [0.717, 1.165) is 53.8 Å². The lowest BCUT2D eigenvalue weighted by Crippen LogP contribution is -2.38. The van der Waals surface area contributed by atoms with E-state index in [9.17, 15) is 4.79 Å². The summed E-state index contributed by atoms with van der Waals surface area (Å²) < 4.78 is 0. The number of hydrogen-bond donors (Lipinski definition) is 1. The first-order valence-corrected chi connectivity index (χ1v) is 11.2. The second-order valence-corrected chi connectivity index (χ2v) is 9.30. The van der Waals surface area contributed by atoms with Crippen LogP contribution in [0.1, 0.15) is 64.5 Å². The van der Waals surface area contributed by atoms with E-state index in [1.165, 1.54) is 24.2 Å². The monoisotopic (exact) mass is 427 g/mol. The Hall–Kier alpha value is -2.25. The van der Waals surface area contributed by atoms with Gasteiger partial charge in [-0.1, -0.05) is 23.7 Å². The van der Waals surface area contributed by atoms with E-state index in [0.29, 0.717) is 21.7 Å². The average Bonchev–Trinajstić information content (AvgIpc) is 3.33. The number of H-pyrrole nitrogens is 1. The van der Waals surface area contributed by atoms with E-state index < -0.39 is 0 Å². The fourth-order valence-corrected chi connectivity index (χ4v) is 5.05. The standard InChI is InChI=1S/C21H22ClN5OS/c1-12-17(29-20(23-12)15-3-2-4-16(22)11-15)21(28)27-9-7-14(8-10-27)19-24-18(25-26-19)13-5-6-13/h2-4,11,13-14H,5-10H2,1H3,(H,24,25,26). The lowest BCUT2D eigenvalue weighted by atomic mass is 9.96. The third kappa shape index (κ3) is 3.81. The van der Waals surface area contributed by atoms with Crippen molar-refractivity contribution in [3.8, 4) is 10.6 Å². The molecular weight excluding hydrogens is 406 g/mol. The molecule has 2 aromatic heterocycles. The fourth-order valence-electron chi connectivity index (χ4n) is 3.83. The predicted octanol–water partition coefficient (Wildman–Crippen LogP) is 4.79. The van der Waals surface area contributed by atoms with E-state index in [-0.39, 0.29) is 5.91 Å². The molecule has 1 aliphatic heterocycles. The van der Waals surface area contributed by atoms with Crippen LogP contribution in [-0.4, -0.2) is 44.1 Å². The van der Waals surface area contributed by atoms with Gasteiger partial charge in [-0.05, 0) is 44.7 Å². The molecule has 6 nitrogen and oxygen atoms in total. The molecule has 0 radical (unpaired) electrons. The molecule has 0 unspecified atom stereocenters. The summed E-state index contributed by atoms with van der Waals surface area (Å²) in [4.78, 5) is 25.1. The number of halogens is 1. The summed E-state index contributed by atoms with van der Waals surface area (Å²) in [5, 5.41) is 9.00. The summed E-state index contributed by atoms with van der Waals surface area (Å²) in [5.41, 5.74) is 1.72. The molecule has 3 aromatic rings. The van der Waals surface area contributed by atoms with Crippen molar-refractivity contribution >= 4 is 28.8 Å². The summed E-state index contributed by atoms with van der Waals surface area (Å²) in [6, 6.07) is 7.59. The highest BCUT2D eigenvalue weighted by Gasteiger charge is 2.31. The smallest absolute Gasteiger partial charge is 0.265 e. The summed E-state index contributed by atoms with van der Waals surface area (Å²) in [5.74, 6) is 2.93. The number of carbonyl (C=O) groups excluding carboxylic acids is 1. The van der Waals surface area contributed by atoms with E-state index in [2.05, 4.69) is 15.2 Å². The third-order valence-corrected chi connectivity index (χ3v) is 7.12. The van der Waals surface area contributed by atoms with E-state index in [1.54, 1.807) is 0 Å². The molecule has 0 atom stereocenters. The molecule has 1 amide bonds. The molecular formula is C21H22ClN5OS. The molecule has 2 fully saturated rings. The van der Waals surface area contributed by atoms with Gasteiger partial charge in [0.15, 0.2) is 5.82 Å². The van der Waals surface area contributed by atoms with Gasteiger partial charge in [0.05, 0.1) is 5.69 Å². The number of hydrogen-bond acceptors (Lipinski definition) is 5. The lowest BCUT2D eigenvalue weighted by Gasteiger charge is -2.30. The molecule has 2 aliphatic rings. The van der Waals surface area contributed by atoms with Crippen LogP contribution in [0.15, 0.2) is 24.3 Å². The van der Waals surface area contributed by atoms with Gasteiger partial charge < -0.3 is 4.90 Å². The number of piperidine rings is 1. The molecule has 150 valence electrons. The van der Waals surface area contributed by atoms with Gasteiger partial charge in [0.25, 0.3) is 5.91 Å². The zero-order valence-corrected chi connectivity index (χ0v) is 17.8. The van der Waals surface area contributed by atoms with Crippen molar-refractivity contribution in [3.63, 3.8) is 0 Å². The van der Waals surface area contributed by atoms with Gasteiger partial charge in [-0.2, -0.15) is 5.10 Å². The molecule has 29 heavy (non-hydrogen) atoms. The van der Waals surface area contributed by atoms with Crippen LogP contribution in [-0.2, 0) is 0 Å². The SMILES string of the molecule is Cc1nc(-c2cccc(Cl)c2)sc1C(=O)N1CCC(c2nc(C3CC3)n[nH]2)CC1. The Morgan fingerprint density at radius 1 is 1.17 bits per heavy atom. The predicted molar refractivity (Wildman–Crippen MR) is 114 cm³/mol. The minimum Gasteiger partial charge on any atom is -0.338 e. The Kier molecular flexibility index (Phi) is 4.87. The van der Waals surface area contributed by atoms with Crippen LogP contribution in [0, 0.1) is 6.92 Å². The Balaban J connectivity index is 1.27. The molecule has 3 heterocycles. The van der Waals surface area contributed by atoms with Crippen molar-refractivity contribution in [2.45, 2.75) is 44.4 Å². The Bertz CT molecular complexity index is 1050. The first kappa shape index (κ1) is 18.8. The normalized spacial score (nSPS) is 17.7. The second kappa shape index (κ2) is 7.54. The highest BCUT2D eigenvalue weighted by molar-refractivity contribution is 7.17. The van der Waals surface area contributed by atoms with Gasteiger partial charge in [-0.15, -0.1) is 11.3 Å². The summed E-state index contributed by atoms with van der Waals surface area (Å²) in [6.45, 7) is 3.36. The van der Waals surface area contributed by atoms with Gasteiger partial charge in [-0.3, -0.25) is 9.89 Å². The Labute approximate surface area is 178 Å². The first-order chi connectivity index (χ1) is 14.1. The number of nitrogens with zero attached hydrogens (tertiary/aromatic N) is 4. The number of aromatic nitrogens is 4. The number of aryl methyl sites for hydroxylation is 1. The maximum atomic E-state index is 13.1. The van der Waals surface area contributed by atoms with Crippen LogP contribution in [0.3, 0.4) is 0 Å². The molecule has 1 aromatic carbocycles. The largest absolute Gasteiger partial charge is 0.338 e.